The molecule has 8 heteroatoms. The maximum atomic E-state index is 13.5. The molecule has 1 aromatic heterocycles. The summed E-state index contributed by atoms with van der Waals surface area (Å²) in [5, 5.41) is 1.48. The molecule has 0 bridgehead atoms. The van der Waals surface area contributed by atoms with E-state index in [1.54, 1.807) is 22.6 Å². The molecule has 1 fully saturated rings. The monoisotopic (exact) mass is 507 g/mol. The molecule has 5 rings (SSSR count). The van der Waals surface area contributed by atoms with Crippen LogP contribution in [-0.2, 0) is 26.8 Å². The summed E-state index contributed by atoms with van der Waals surface area (Å²) in [4.78, 5) is 4.00. The van der Waals surface area contributed by atoms with Gasteiger partial charge in [0.2, 0.25) is 0 Å². The maximum absolute atomic E-state index is 13.5. The standard InChI is InChI=1S/C24H26FNS2.CH4O3S/c1-26(2)23(17-7-9-18(25)10-8-17)12-14-24(15-13-23)22-20(11-16-27-24)19-5-3-4-6-21(19)28-22;1-5(2,3)4/h3-10H,11-16H2,1-2H3;1H3,(H,2,3,4). The summed E-state index contributed by atoms with van der Waals surface area (Å²) in [6, 6.07) is 16.1. The Morgan fingerprint density at radius 2 is 1.61 bits per heavy atom. The van der Waals surface area contributed by atoms with Gasteiger partial charge < -0.3 is 0 Å². The van der Waals surface area contributed by atoms with Crippen LogP contribution in [0.4, 0.5) is 4.39 Å². The molecule has 1 aliphatic heterocycles. The maximum Gasteiger partial charge on any atom is 0.261 e. The second-order valence-electron chi connectivity index (χ2n) is 9.16. The minimum absolute atomic E-state index is 0.00774. The van der Waals surface area contributed by atoms with Gasteiger partial charge in [-0.2, -0.15) is 8.42 Å². The second kappa shape index (κ2) is 9.30. The van der Waals surface area contributed by atoms with Crippen LogP contribution < -0.4 is 0 Å². The SMILES string of the molecule is CN(C)C1(c2ccc(F)cc2)CCC2(CC1)SCCc1c2sc2ccccc12.CS(=O)(=O)O. The van der Waals surface area contributed by atoms with E-state index < -0.39 is 10.1 Å². The van der Waals surface area contributed by atoms with Crippen LogP contribution in [0.5, 0.6) is 0 Å². The second-order valence-corrected chi connectivity index (χ2v) is 13.2. The van der Waals surface area contributed by atoms with Crippen molar-refractivity contribution in [2.75, 3.05) is 26.1 Å². The van der Waals surface area contributed by atoms with Gasteiger partial charge in [-0.1, -0.05) is 30.3 Å². The lowest BCUT2D eigenvalue weighted by Crippen LogP contribution is -2.47. The van der Waals surface area contributed by atoms with Crippen LogP contribution in [0, 0.1) is 5.82 Å². The quantitative estimate of drug-likeness (QED) is 0.427. The minimum atomic E-state index is -3.67. The van der Waals surface area contributed by atoms with Crippen molar-refractivity contribution in [1.29, 1.82) is 0 Å². The van der Waals surface area contributed by atoms with Crippen molar-refractivity contribution < 1.29 is 17.4 Å². The Hall–Kier alpha value is -1.45. The van der Waals surface area contributed by atoms with E-state index in [2.05, 4.69) is 55.0 Å². The van der Waals surface area contributed by atoms with Gasteiger partial charge in [-0.15, -0.1) is 23.1 Å². The molecule has 3 aromatic rings. The highest BCUT2D eigenvalue weighted by Crippen LogP contribution is 2.59. The average molecular weight is 508 g/mol. The molecule has 33 heavy (non-hydrogen) atoms. The van der Waals surface area contributed by atoms with Gasteiger partial charge in [0.05, 0.1) is 11.0 Å². The highest BCUT2D eigenvalue weighted by molar-refractivity contribution is 8.00. The number of rotatable bonds is 2. The van der Waals surface area contributed by atoms with Crippen LogP contribution >= 0.6 is 23.1 Å². The van der Waals surface area contributed by atoms with Crippen LogP contribution in [0.15, 0.2) is 48.5 Å². The molecule has 1 spiro atoms. The summed E-state index contributed by atoms with van der Waals surface area (Å²) in [6.07, 6.45) is 6.52. The largest absolute Gasteiger partial charge is 0.300 e. The number of halogens is 1. The van der Waals surface area contributed by atoms with E-state index in [-0.39, 0.29) is 16.1 Å². The number of thiophene rings is 1. The first-order valence-electron chi connectivity index (χ1n) is 11.0. The summed E-state index contributed by atoms with van der Waals surface area (Å²) in [6.45, 7) is 0. The Labute approximate surface area is 203 Å². The fourth-order valence-electron chi connectivity index (χ4n) is 5.32. The van der Waals surface area contributed by atoms with Gasteiger partial charge in [0, 0.05) is 15.1 Å². The number of benzene rings is 2. The first-order valence-corrected chi connectivity index (χ1v) is 14.7. The van der Waals surface area contributed by atoms with Crippen LogP contribution in [-0.4, -0.2) is 44.0 Å². The lowest BCUT2D eigenvalue weighted by atomic mass is 9.70. The Morgan fingerprint density at radius 1 is 1.00 bits per heavy atom. The lowest BCUT2D eigenvalue weighted by Gasteiger charge is -2.50. The van der Waals surface area contributed by atoms with E-state index in [4.69, 9.17) is 4.55 Å². The van der Waals surface area contributed by atoms with Crippen molar-refractivity contribution in [2.24, 2.45) is 0 Å². The predicted octanol–water partition coefficient (Wildman–Crippen LogP) is 6.06. The molecule has 2 aliphatic rings. The highest BCUT2D eigenvalue weighted by atomic mass is 32.2. The van der Waals surface area contributed by atoms with Gasteiger partial charge in [-0.05, 0) is 86.7 Å². The Kier molecular flexibility index (Phi) is 6.95. The van der Waals surface area contributed by atoms with Crippen LogP contribution in [0.1, 0.15) is 41.7 Å². The van der Waals surface area contributed by atoms with E-state index >= 15 is 0 Å². The molecule has 0 unspecified atom stereocenters. The Bertz CT molecular complexity index is 1220. The summed E-state index contributed by atoms with van der Waals surface area (Å²) in [5.41, 5.74) is 2.87. The van der Waals surface area contributed by atoms with Crippen molar-refractivity contribution in [3.8, 4) is 0 Å². The highest BCUT2D eigenvalue weighted by Gasteiger charge is 2.48. The number of nitrogens with zero attached hydrogens (tertiary/aromatic N) is 1. The molecule has 2 heterocycles. The fraction of sp³-hybridized carbons (Fsp3) is 0.440. The fourth-order valence-corrected chi connectivity index (χ4v) is 8.46. The average Bonchev–Trinajstić information content (AvgIpc) is 3.14. The number of thioether (sulfide) groups is 1. The van der Waals surface area contributed by atoms with E-state index in [1.807, 2.05) is 23.5 Å². The summed E-state index contributed by atoms with van der Waals surface area (Å²) >= 11 is 4.21. The topological polar surface area (TPSA) is 57.6 Å². The van der Waals surface area contributed by atoms with Crippen LogP contribution in [0.2, 0.25) is 0 Å². The molecule has 0 amide bonds. The van der Waals surface area contributed by atoms with Gasteiger partial charge in [-0.3, -0.25) is 9.45 Å². The summed E-state index contributed by atoms with van der Waals surface area (Å²) in [7, 11) is 0.695. The first kappa shape index (κ1) is 24.7. The number of aryl methyl sites for hydroxylation is 1. The summed E-state index contributed by atoms with van der Waals surface area (Å²) < 4.78 is 41.1. The molecular formula is C25H30FNO3S3. The van der Waals surface area contributed by atoms with Crippen molar-refractivity contribution >= 4 is 43.3 Å². The van der Waals surface area contributed by atoms with E-state index in [0.717, 1.165) is 12.8 Å². The third-order valence-electron chi connectivity index (χ3n) is 6.96. The zero-order valence-corrected chi connectivity index (χ0v) is 21.6. The van der Waals surface area contributed by atoms with Gasteiger partial charge in [0.25, 0.3) is 10.1 Å². The van der Waals surface area contributed by atoms with Crippen LogP contribution in [0.25, 0.3) is 10.1 Å². The molecule has 1 N–H and O–H groups in total. The molecule has 2 aromatic carbocycles. The zero-order chi connectivity index (χ0) is 23.9. The molecule has 178 valence electrons. The van der Waals surface area contributed by atoms with E-state index in [1.165, 1.54) is 40.7 Å². The molecule has 0 radical (unpaired) electrons. The molecular weight excluding hydrogens is 477 g/mol. The normalized spacial score (nSPS) is 25.0. The van der Waals surface area contributed by atoms with Crippen LogP contribution in [0.3, 0.4) is 0 Å². The predicted molar refractivity (Wildman–Crippen MR) is 137 cm³/mol. The zero-order valence-electron chi connectivity index (χ0n) is 19.2. The van der Waals surface area contributed by atoms with Gasteiger partial charge in [-0.25, -0.2) is 4.39 Å². The Morgan fingerprint density at radius 3 is 2.21 bits per heavy atom. The molecule has 4 nitrogen and oxygen atoms in total. The molecule has 0 saturated heterocycles. The van der Waals surface area contributed by atoms with Crippen molar-refractivity contribution in [3.63, 3.8) is 0 Å². The number of fused-ring (bicyclic) bond motifs is 4. The third-order valence-corrected chi connectivity index (χ3v) is 10.1. The lowest BCUT2D eigenvalue weighted by molar-refractivity contribution is 0.0851. The Balaban J connectivity index is 0.000000471. The molecule has 1 aliphatic carbocycles. The van der Waals surface area contributed by atoms with E-state index in [0.29, 0.717) is 6.26 Å². The van der Waals surface area contributed by atoms with Gasteiger partial charge in [0.15, 0.2) is 0 Å². The van der Waals surface area contributed by atoms with E-state index in [9.17, 15) is 12.8 Å². The third kappa shape index (κ3) is 5.00. The van der Waals surface area contributed by atoms with Crippen molar-refractivity contribution in [2.45, 2.75) is 42.4 Å². The van der Waals surface area contributed by atoms with Gasteiger partial charge >= 0.3 is 0 Å². The molecule has 1 saturated carbocycles. The number of hydrogen-bond donors (Lipinski definition) is 1. The van der Waals surface area contributed by atoms with Gasteiger partial charge in [0.1, 0.15) is 5.82 Å². The number of hydrogen-bond acceptors (Lipinski definition) is 5. The van der Waals surface area contributed by atoms with Crippen molar-refractivity contribution in [3.05, 3.63) is 70.4 Å². The van der Waals surface area contributed by atoms with Crippen molar-refractivity contribution in [1.82, 2.24) is 4.90 Å². The molecule has 0 atom stereocenters. The smallest absolute Gasteiger partial charge is 0.261 e. The minimum Gasteiger partial charge on any atom is -0.300 e. The summed E-state index contributed by atoms with van der Waals surface area (Å²) in [5.74, 6) is 1.07. The first-order chi connectivity index (χ1) is 15.5.